The van der Waals surface area contributed by atoms with Crippen LogP contribution in [-0.4, -0.2) is 18.3 Å². The number of nitrogens with zero attached hydrogens (tertiary/aromatic N) is 1. The van der Waals surface area contributed by atoms with E-state index in [0.717, 1.165) is 0 Å². The SMILES string of the molecule is COc1ccc(Oc2cc(Cl)ccc2C=O)c([N+](=O)[O-])c1. The van der Waals surface area contributed by atoms with Crippen molar-refractivity contribution >= 4 is 23.6 Å². The van der Waals surface area contributed by atoms with Crippen molar-refractivity contribution in [3.05, 3.63) is 57.1 Å². The van der Waals surface area contributed by atoms with Crippen LogP contribution in [0.15, 0.2) is 36.4 Å². The lowest BCUT2D eigenvalue weighted by molar-refractivity contribution is -0.385. The number of methoxy groups -OCH3 is 1. The molecule has 2 aromatic rings. The number of nitro groups is 1. The predicted molar refractivity (Wildman–Crippen MR) is 76.6 cm³/mol. The summed E-state index contributed by atoms with van der Waals surface area (Å²) in [7, 11) is 1.40. The average molecular weight is 308 g/mol. The Labute approximate surface area is 125 Å². The first-order valence-corrected chi connectivity index (χ1v) is 6.18. The molecule has 0 aromatic heterocycles. The largest absolute Gasteiger partial charge is 0.496 e. The molecule has 21 heavy (non-hydrogen) atoms. The summed E-state index contributed by atoms with van der Waals surface area (Å²) in [6.07, 6.45) is 0.584. The minimum atomic E-state index is -0.594. The lowest BCUT2D eigenvalue weighted by Gasteiger charge is -2.09. The summed E-state index contributed by atoms with van der Waals surface area (Å²) in [5, 5.41) is 11.4. The summed E-state index contributed by atoms with van der Waals surface area (Å²) in [5.74, 6) is 0.465. The number of rotatable bonds is 5. The van der Waals surface area contributed by atoms with E-state index in [0.29, 0.717) is 17.1 Å². The normalized spacial score (nSPS) is 10.0. The summed E-state index contributed by atoms with van der Waals surface area (Å²) >= 11 is 5.84. The Hall–Kier alpha value is -2.60. The molecule has 6 nitrogen and oxygen atoms in total. The molecule has 0 bridgehead atoms. The van der Waals surface area contributed by atoms with Gasteiger partial charge in [-0.25, -0.2) is 0 Å². The molecular weight excluding hydrogens is 298 g/mol. The molecule has 0 saturated heterocycles. The van der Waals surface area contributed by atoms with Crippen LogP contribution in [0.25, 0.3) is 0 Å². The number of hydrogen-bond donors (Lipinski definition) is 0. The van der Waals surface area contributed by atoms with Crippen LogP contribution in [0.3, 0.4) is 0 Å². The van der Waals surface area contributed by atoms with E-state index in [1.807, 2.05) is 0 Å². The van der Waals surface area contributed by atoms with Crippen molar-refractivity contribution in [2.24, 2.45) is 0 Å². The maximum absolute atomic E-state index is 11.1. The van der Waals surface area contributed by atoms with Gasteiger partial charge in [-0.2, -0.15) is 0 Å². The molecular formula is C14H10ClNO5. The molecule has 0 atom stereocenters. The third-order valence-electron chi connectivity index (χ3n) is 2.69. The predicted octanol–water partition coefficient (Wildman–Crippen LogP) is 3.86. The number of carbonyl (C=O) groups excluding carboxylic acids is 1. The van der Waals surface area contributed by atoms with E-state index in [1.54, 1.807) is 0 Å². The van der Waals surface area contributed by atoms with E-state index in [4.69, 9.17) is 21.1 Å². The number of nitro benzene ring substituents is 1. The number of benzene rings is 2. The molecule has 2 rings (SSSR count). The zero-order valence-corrected chi connectivity index (χ0v) is 11.7. The third-order valence-corrected chi connectivity index (χ3v) is 2.92. The van der Waals surface area contributed by atoms with Gasteiger partial charge < -0.3 is 9.47 Å². The summed E-state index contributed by atoms with van der Waals surface area (Å²) in [6, 6.07) is 8.57. The first-order valence-electron chi connectivity index (χ1n) is 5.80. The van der Waals surface area contributed by atoms with Crippen molar-refractivity contribution in [2.45, 2.75) is 0 Å². The van der Waals surface area contributed by atoms with Crippen molar-refractivity contribution in [3.63, 3.8) is 0 Å². The smallest absolute Gasteiger partial charge is 0.315 e. The molecule has 2 aromatic carbocycles. The van der Waals surface area contributed by atoms with E-state index < -0.39 is 4.92 Å². The van der Waals surface area contributed by atoms with Crippen LogP contribution in [0, 0.1) is 10.1 Å². The minimum Gasteiger partial charge on any atom is -0.496 e. The van der Waals surface area contributed by atoms with Crippen LogP contribution in [0.2, 0.25) is 5.02 Å². The number of carbonyl (C=O) groups is 1. The number of aldehydes is 1. The van der Waals surface area contributed by atoms with Gasteiger partial charge in [-0.15, -0.1) is 0 Å². The van der Waals surface area contributed by atoms with Crippen LogP contribution in [0.5, 0.6) is 17.2 Å². The quantitative estimate of drug-likeness (QED) is 0.476. The Balaban J connectivity index is 2.46. The van der Waals surface area contributed by atoms with Gasteiger partial charge in [0.05, 0.1) is 23.7 Å². The highest BCUT2D eigenvalue weighted by Gasteiger charge is 2.18. The number of halogens is 1. The van der Waals surface area contributed by atoms with Gasteiger partial charge in [0, 0.05) is 11.1 Å². The number of hydrogen-bond acceptors (Lipinski definition) is 5. The first kappa shape index (κ1) is 14.8. The monoisotopic (exact) mass is 307 g/mol. The van der Waals surface area contributed by atoms with Crippen LogP contribution in [0.1, 0.15) is 10.4 Å². The molecule has 0 aliphatic rings. The van der Waals surface area contributed by atoms with E-state index >= 15 is 0 Å². The van der Waals surface area contributed by atoms with Crippen molar-refractivity contribution in [3.8, 4) is 17.2 Å². The first-order chi connectivity index (χ1) is 10.0. The van der Waals surface area contributed by atoms with E-state index in [-0.39, 0.29) is 22.7 Å². The summed E-state index contributed by atoms with van der Waals surface area (Å²) in [4.78, 5) is 21.5. The van der Waals surface area contributed by atoms with Crippen LogP contribution < -0.4 is 9.47 Å². The zero-order chi connectivity index (χ0) is 15.4. The molecule has 0 amide bonds. The lowest BCUT2D eigenvalue weighted by Crippen LogP contribution is -1.96. The zero-order valence-electron chi connectivity index (χ0n) is 10.9. The van der Waals surface area contributed by atoms with Gasteiger partial charge in [0.1, 0.15) is 11.5 Å². The van der Waals surface area contributed by atoms with E-state index in [2.05, 4.69) is 0 Å². The lowest BCUT2D eigenvalue weighted by atomic mass is 10.2. The van der Waals surface area contributed by atoms with Gasteiger partial charge in [0.2, 0.25) is 5.75 Å². The Bertz CT molecular complexity index is 702. The van der Waals surface area contributed by atoms with Crippen LogP contribution >= 0.6 is 11.6 Å². The number of ether oxygens (including phenoxy) is 2. The van der Waals surface area contributed by atoms with Crippen molar-refractivity contribution < 1.29 is 19.2 Å². The maximum Gasteiger partial charge on any atom is 0.315 e. The summed E-state index contributed by atoms with van der Waals surface area (Å²) in [5.41, 5.74) is -0.0318. The molecule has 0 radical (unpaired) electrons. The van der Waals surface area contributed by atoms with E-state index in [9.17, 15) is 14.9 Å². The van der Waals surface area contributed by atoms with Crippen molar-refractivity contribution in [1.29, 1.82) is 0 Å². The summed E-state index contributed by atoms with van der Waals surface area (Å²) < 4.78 is 10.4. The van der Waals surface area contributed by atoms with Gasteiger partial charge in [0.15, 0.2) is 6.29 Å². The highest BCUT2D eigenvalue weighted by Crippen LogP contribution is 2.36. The molecule has 0 unspecified atom stereocenters. The van der Waals surface area contributed by atoms with Gasteiger partial charge >= 0.3 is 5.69 Å². The maximum atomic E-state index is 11.1. The fourth-order valence-electron chi connectivity index (χ4n) is 1.67. The molecule has 0 N–H and O–H groups in total. The Morgan fingerprint density at radius 1 is 1.19 bits per heavy atom. The molecule has 7 heteroatoms. The average Bonchev–Trinajstić information content (AvgIpc) is 2.47. The third kappa shape index (κ3) is 3.29. The van der Waals surface area contributed by atoms with Crippen molar-refractivity contribution in [1.82, 2.24) is 0 Å². The Morgan fingerprint density at radius 3 is 2.57 bits per heavy atom. The topological polar surface area (TPSA) is 78.7 Å². The molecule has 0 aliphatic carbocycles. The molecule has 0 spiro atoms. The second-order valence-electron chi connectivity index (χ2n) is 3.99. The van der Waals surface area contributed by atoms with Gasteiger partial charge in [0.25, 0.3) is 0 Å². The second kappa shape index (κ2) is 6.23. The summed E-state index contributed by atoms with van der Waals surface area (Å²) in [6.45, 7) is 0. The van der Waals surface area contributed by atoms with Crippen LogP contribution in [0.4, 0.5) is 5.69 Å². The van der Waals surface area contributed by atoms with Crippen LogP contribution in [-0.2, 0) is 0 Å². The van der Waals surface area contributed by atoms with Gasteiger partial charge in [-0.1, -0.05) is 11.6 Å². The highest BCUT2D eigenvalue weighted by atomic mass is 35.5. The fourth-order valence-corrected chi connectivity index (χ4v) is 1.83. The molecule has 0 fully saturated rings. The van der Waals surface area contributed by atoms with E-state index in [1.165, 1.54) is 43.5 Å². The fraction of sp³-hybridized carbons (Fsp3) is 0.0714. The Kier molecular flexibility index (Phi) is 4.39. The standard InChI is InChI=1S/C14H10ClNO5/c1-20-11-4-5-13(12(7-11)16(18)19)21-14-6-10(15)3-2-9(14)8-17/h2-8H,1H3. The van der Waals surface area contributed by atoms with Gasteiger partial charge in [-0.3, -0.25) is 14.9 Å². The molecule has 0 heterocycles. The second-order valence-corrected chi connectivity index (χ2v) is 4.43. The molecule has 0 saturated carbocycles. The van der Waals surface area contributed by atoms with Crippen molar-refractivity contribution in [2.75, 3.05) is 7.11 Å². The Morgan fingerprint density at radius 2 is 1.95 bits per heavy atom. The molecule has 108 valence electrons. The highest BCUT2D eigenvalue weighted by molar-refractivity contribution is 6.30. The minimum absolute atomic E-state index is 0.00818. The van der Waals surface area contributed by atoms with Gasteiger partial charge in [-0.05, 0) is 24.3 Å². The molecule has 0 aliphatic heterocycles.